The van der Waals surface area contributed by atoms with Gasteiger partial charge in [0, 0.05) is 0 Å². The minimum atomic E-state index is -1.21. The lowest BCUT2D eigenvalue weighted by molar-refractivity contribution is -0.143. The van der Waals surface area contributed by atoms with Crippen molar-refractivity contribution >= 4 is 17.8 Å². The number of hydrogen-bond donors (Lipinski definition) is 3. The van der Waals surface area contributed by atoms with E-state index in [9.17, 15) is 14.4 Å². The Kier molecular flexibility index (Phi) is 8.09. The van der Waals surface area contributed by atoms with Crippen LogP contribution in [0.15, 0.2) is 43.0 Å². The van der Waals surface area contributed by atoms with Gasteiger partial charge in [0.05, 0.1) is 26.2 Å². The van der Waals surface area contributed by atoms with Crippen molar-refractivity contribution in [2.24, 2.45) is 0 Å². The lowest BCUT2D eigenvalue weighted by atomic mass is 10.1. The highest BCUT2D eigenvalue weighted by atomic mass is 16.5. The van der Waals surface area contributed by atoms with E-state index < -0.39 is 17.9 Å². The Bertz CT molecular complexity index is 545. The van der Waals surface area contributed by atoms with Crippen molar-refractivity contribution in [1.29, 1.82) is 0 Å². The summed E-state index contributed by atoms with van der Waals surface area (Å²) in [6, 6.07) is 7.91. The molecule has 0 heterocycles. The van der Waals surface area contributed by atoms with Crippen LogP contribution < -0.4 is 10.6 Å². The molecule has 0 spiro atoms. The summed E-state index contributed by atoms with van der Waals surface area (Å²) in [7, 11) is 0. The van der Waals surface area contributed by atoms with E-state index >= 15 is 0 Å². The molecule has 0 saturated heterocycles. The van der Waals surface area contributed by atoms with Crippen LogP contribution in [0.4, 0.5) is 0 Å². The smallest absolute Gasteiger partial charge is 0.328 e. The number of carboxylic acids is 1. The number of nitrogens with one attached hydrogen (secondary N) is 2. The van der Waals surface area contributed by atoms with Gasteiger partial charge in [0.1, 0.15) is 0 Å². The zero-order valence-corrected chi connectivity index (χ0v) is 12.7. The fraction of sp³-hybridized carbons (Fsp3) is 0.312. The van der Waals surface area contributed by atoms with Gasteiger partial charge in [-0.3, -0.25) is 9.59 Å². The molecule has 1 aromatic rings. The standard InChI is InChI=1S/C16H20N2O5/c1-2-8-23-11-13(16(21)22)18-15(20)10-17-14(19)9-12-6-4-3-5-7-12/h2-7,13H,1,8-11H2,(H,17,19)(H,18,20)(H,21,22). The van der Waals surface area contributed by atoms with Crippen molar-refractivity contribution in [3.05, 3.63) is 48.6 Å². The molecule has 124 valence electrons. The molecular weight excluding hydrogens is 300 g/mol. The first-order valence-corrected chi connectivity index (χ1v) is 7.04. The first-order chi connectivity index (χ1) is 11.0. The van der Waals surface area contributed by atoms with E-state index in [1.807, 2.05) is 18.2 Å². The third-order valence-corrected chi connectivity index (χ3v) is 2.81. The lowest BCUT2D eigenvalue weighted by Gasteiger charge is -2.14. The molecule has 7 nitrogen and oxygen atoms in total. The van der Waals surface area contributed by atoms with Crippen molar-refractivity contribution in [1.82, 2.24) is 10.6 Å². The van der Waals surface area contributed by atoms with Gasteiger partial charge >= 0.3 is 5.97 Å². The first kappa shape index (κ1) is 18.4. The quantitative estimate of drug-likeness (QED) is 0.419. The summed E-state index contributed by atoms with van der Waals surface area (Å²) >= 11 is 0. The third kappa shape index (κ3) is 7.77. The Morgan fingerprint density at radius 2 is 1.91 bits per heavy atom. The summed E-state index contributed by atoms with van der Waals surface area (Å²) < 4.78 is 5.01. The molecule has 7 heteroatoms. The summed E-state index contributed by atoms with van der Waals surface area (Å²) in [6.07, 6.45) is 1.63. The molecule has 0 aliphatic carbocycles. The predicted octanol–water partition coefficient (Wildman–Crippen LogP) is 0.117. The second-order valence-corrected chi connectivity index (χ2v) is 4.72. The monoisotopic (exact) mass is 320 g/mol. The van der Waals surface area contributed by atoms with E-state index in [0.717, 1.165) is 5.56 Å². The molecule has 0 bridgehead atoms. The fourth-order valence-electron chi connectivity index (χ4n) is 1.71. The Morgan fingerprint density at radius 1 is 1.22 bits per heavy atom. The van der Waals surface area contributed by atoms with Crippen molar-refractivity contribution in [3.8, 4) is 0 Å². The number of benzene rings is 1. The average Bonchev–Trinajstić information content (AvgIpc) is 2.53. The number of carbonyl (C=O) groups excluding carboxylic acids is 2. The summed E-state index contributed by atoms with van der Waals surface area (Å²) in [5, 5.41) is 13.7. The van der Waals surface area contributed by atoms with Crippen molar-refractivity contribution in [2.75, 3.05) is 19.8 Å². The van der Waals surface area contributed by atoms with E-state index in [4.69, 9.17) is 9.84 Å². The van der Waals surface area contributed by atoms with E-state index in [-0.39, 0.29) is 32.1 Å². The second-order valence-electron chi connectivity index (χ2n) is 4.72. The molecule has 23 heavy (non-hydrogen) atoms. The van der Waals surface area contributed by atoms with Gasteiger partial charge in [-0.05, 0) is 5.56 Å². The highest BCUT2D eigenvalue weighted by molar-refractivity contribution is 5.88. The molecule has 1 atom stereocenters. The maximum Gasteiger partial charge on any atom is 0.328 e. The Labute approximate surface area is 134 Å². The minimum Gasteiger partial charge on any atom is -0.480 e. The third-order valence-electron chi connectivity index (χ3n) is 2.81. The molecule has 0 aromatic heterocycles. The van der Waals surface area contributed by atoms with Crippen LogP contribution in [0.3, 0.4) is 0 Å². The fourth-order valence-corrected chi connectivity index (χ4v) is 1.71. The van der Waals surface area contributed by atoms with Gasteiger partial charge in [0.25, 0.3) is 0 Å². The SMILES string of the molecule is C=CCOCC(NC(=O)CNC(=O)Cc1ccccc1)C(=O)O. The highest BCUT2D eigenvalue weighted by Crippen LogP contribution is 1.98. The average molecular weight is 320 g/mol. The predicted molar refractivity (Wildman–Crippen MR) is 83.7 cm³/mol. The summed E-state index contributed by atoms with van der Waals surface area (Å²) in [6.45, 7) is 3.16. The van der Waals surface area contributed by atoms with E-state index in [1.165, 1.54) is 6.08 Å². The number of carbonyl (C=O) groups is 3. The van der Waals surface area contributed by atoms with Crippen LogP contribution in [-0.2, 0) is 25.5 Å². The Hall–Kier alpha value is -2.67. The van der Waals surface area contributed by atoms with Gasteiger partial charge in [-0.25, -0.2) is 4.79 Å². The van der Waals surface area contributed by atoms with Crippen molar-refractivity contribution < 1.29 is 24.2 Å². The molecule has 1 rings (SSSR count). The van der Waals surface area contributed by atoms with Gasteiger partial charge in [-0.2, -0.15) is 0 Å². The van der Waals surface area contributed by atoms with Gasteiger partial charge in [-0.1, -0.05) is 36.4 Å². The molecule has 0 saturated carbocycles. The number of ether oxygens (including phenoxy) is 1. The zero-order chi connectivity index (χ0) is 17.1. The normalized spacial score (nSPS) is 11.3. The summed E-state index contributed by atoms with van der Waals surface area (Å²) in [5.41, 5.74) is 0.826. The van der Waals surface area contributed by atoms with Crippen LogP contribution in [-0.4, -0.2) is 48.7 Å². The van der Waals surface area contributed by atoms with Gasteiger partial charge in [-0.15, -0.1) is 6.58 Å². The molecule has 1 unspecified atom stereocenters. The first-order valence-electron chi connectivity index (χ1n) is 7.04. The van der Waals surface area contributed by atoms with Gasteiger partial charge < -0.3 is 20.5 Å². The van der Waals surface area contributed by atoms with E-state index in [0.29, 0.717) is 0 Å². The molecule has 0 aliphatic rings. The number of aliphatic carboxylic acids is 1. The number of rotatable bonds is 10. The largest absolute Gasteiger partial charge is 0.480 e. The van der Waals surface area contributed by atoms with Crippen LogP contribution in [0.2, 0.25) is 0 Å². The van der Waals surface area contributed by atoms with Crippen LogP contribution >= 0.6 is 0 Å². The van der Waals surface area contributed by atoms with E-state index in [1.54, 1.807) is 12.1 Å². The maximum atomic E-state index is 11.7. The Balaban J connectivity index is 2.35. The highest BCUT2D eigenvalue weighted by Gasteiger charge is 2.20. The topological polar surface area (TPSA) is 105 Å². The second kappa shape index (κ2) is 10.1. The van der Waals surface area contributed by atoms with Crippen molar-refractivity contribution in [2.45, 2.75) is 12.5 Å². The van der Waals surface area contributed by atoms with Crippen LogP contribution in [0.25, 0.3) is 0 Å². The molecule has 0 radical (unpaired) electrons. The Morgan fingerprint density at radius 3 is 2.52 bits per heavy atom. The zero-order valence-electron chi connectivity index (χ0n) is 12.7. The molecule has 3 N–H and O–H groups in total. The molecule has 0 fully saturated rings. The van der Waals surface area contributed by atoms with Crippen LogP contribution in [0.1, 0.15) is 5.56 Å². The number of carboxylic acid groups (broad SMARTS) is 1. The van der Waals surface area contributed by atoms with Gasteiger partial charge in [0.15, 0.2) is 6.04 Å². The maximum absolute atomic E-state index is 11.7. The lowest BCUT2D eigenvalue weighted by Crippen LogP contribution is -2.47. The van der Waals surface area contributed by atoms with Crippen LogP contribution in [0, 0.1) is 0 Å². The number of hydrogen-bond acceptors (Lipinski definition) is 4. The molecule has 2 amide bonds. The summed E-state index contributed by atoms with van der Waals surface area (Å²) in [4.78, 5) is 34.4. The molecule has 0 aliphatic heterocycles. The van der Waals surface area contributed by atoms with Gasteiger partial charge in [0.2, 0.25) is 11.8 Å². The molecular formula is C16H20N2O5. The minimum absolute atomic E-state index is 0.152. The number of amides is 2. The van der Waals surface area contributed by atoms with Crippen LogP contribution in [0.5, 0.6) is 0 Å². The summed E-state index contributed by atoms with van der Waals surface area (Å²) in [5.74, 6) is -2.12. The van der Waals surface area contributed by atoms with E-state index in [2.05, 4.69) is 17.2 Å². The van der Waals surface area contributed by atoms with Crippen molar-refractivity contribution in [3.63, 3.8) is 0 Å². The molecule has 1 aromatic carbocycles.